The van der Waals surface area contributed by atoms with Gasteiger partial charge >= 0.3 is 0 Å². The van der Waals surface area contributed by atoms with E-state index in [4.69, 9.17) is 29.6 Å². The van der Waals surface area contributed by atoms with Crippen LogP contribution < -0.4 is 10.5 Å². The first-order valence-electron chi connectivity index (χ1n) is 5.63. The van der Waals surface area contributed by atoms with Gasteiger partial charge in [0.15, 0.2) is 0 Å². The predicted molar refractivity (Wildman–Crippen MR) is 94.8 cm³/mol. The minimum absolute atomic E-state index is 0.145. The van der Waals surface area contributed by atoms with Crippen LogP contribution in [0, 0.1) is 0 Å². The largest absolute Gasteiger partial charge is 0.393 e. The van der Waals surface area contributed by atoms with Gasteiger partial charge in [0.1, 0.15) is 4.21 Å². The van der Waals surface area contributed by atoms with Crippen molar-refractivity contribution < 1.29 is 8.42 Å². The van der Waals surface area contributed by atoms with E-state index in [1.54, 1.807) is 24.3 Å². The number of nitrogens with two attached hydrogens (primary N) is 1. The minimum atomic E-state index is -3.65. The van der Waals surface area contributed by atoms with E-state index in [1.165, 1.54) is 6.07 Å². The van der Waals surface area contributed by atoms with Crippen molar-refractivity contribution in [1.29, 1.82) is 0 Å². The summed E-state index contributed by atoms with van der Waals surface area (Å²) in [5.41, 5.74) is 6.85. The molecule has 0 saturated heterocycles. The lowest BCUT2D eigenvalue weighted by Gasteiger charge is -2.07. The van der Waals surface area contributed by atoms with Crippen molar-refractivity contribution in [2.45, 2.75) is 10.6 Å². The Hall–Kier alpha value is -0.670. The lowest BCUT2D eigenvalue weighted by molar-refractivity contribution is 0.603. The zero-order valence-corrected chi connectivity index (χ0v) is 15.3. The number of thiophene rings is 1. The maximum atomic E-state index is 12.2. The molecule has 1 aromatic carbocycles. The number of sulfonamides is 1. The Morgan fingerprint density at radius 3 is 2.48 bits per heavy atom. The van der Waals surface area contributed by atoms with Crippen LogP contribution in [0.4, 0.5) is 5.69 Å². The van der Waals surface area contributed by atoms with Gasteiger partial charge in [-0.05, 0) is 39.7 Å². The second kappa shape index (κ2) is 6.62. The molecule has 4 nitrogen and oxygen atoms in total. The van der Waals surface area contributed by atoms with Gasteiger partial charge in [0.25, 0.3) is 10.0 Å². The molecule has 21 heavy (non-hydrogen) atoms. The maximum Gasteiger partial charge on any atom is 0.271 e. The molecular weight excluding hydrogens is 416 g/mol. The molecule has 0 aliphatic heterocycles. The fourth-order valence-electron chi connectivity index (χ4n) is 1.56. The molecule has 2 aromatic rings. The summed E-state index contributed by atoms with van der Waals surface area (Å²) < 4.78 is 27.6. The Morgan fingerprint density at radius 1 is 1.38 bits per heavy atom. The van der Waals surface area contributed by atoms with E-state index in [-0.39, 0.29) is 4.21 Å². The highest BCUT2D eigenvalue weighted by atomic mass is 79.9. The third-order valence-electron chi connectivity index (χ3n) is 2.47. The van der Waals surface area contributed by atoms with Crippen LogP contribution in [0.3, 0.4) is 0 Å². The first-order valence-corrected chi connectivity index (χ1v) is 9.51. The molecule has 0 unspecified atom stereocenters. The van der Waals surface area contributed by atoms with E-state index in [2.05, 4.69) is 20.7 Å². The standard InChI is InChI=1S/C12H10BrClN2O2S3/c13-12-9(14)6-11(20-12)21(17,18)16-8-3-1-7(2-4-8)5-10(15)19/h1-4,6,16H,5H2,(H2,15,19). The van der Waals surface area contributed by atoms with E-state index in [0.29, 0.717) is 25.9 Å². The Balaban J connectivity index is 2.18. The van der Waals surface area contributed by atoms with Gasteiger partial charge in [-0.15, -0.1) is 11.3 Å². The fourth-order valence-corrected chi connectivity index (χ4v) is 5.18. The van der Waals surface area contributed by atoms with Crippen molar-refractivity contribution in [3.8, 4) is 0 Å². The van der Waals surface area contributed by atoms with Crippen molar-refractivity contribution in [2.24, 2.45) is 5.73 Å². The summed E-state index contributed by atoms with van der Waals surface area (Å²) >= 11 is 14.9. The summed E-state index contributed by atoms with van der Waals surface area (Å²) in [6.45, 7) is 0. The summed E-state index contributed by atoms with van der Waals surface area (Å²) in [4.78, 5) is 0.390. The Bertz CT molecular complexity index is 753. The van der Waals surface area contributed by atoms with Gasteiger partial charge in [0.05, 0.1) is 13.8 Å². The third-order valence-corrected chi connectivity index (χ3v) is 6.95. The van der Waals surface area contributed by atoms with Crippen molar-refractivity contribution in [2.75, 3.05) is 4.72 Å². The topological polar surface area (TPSA) is 72.2 Å². The molecule has 0 saturated carbocycles. The predicted octanol–water partition coefficient (Wildman–Crippen LogP) is 3.79. The summed E-state index contributed by atoms with van der Waals surface area (Å²) in [7, 11) is -3.65. The lowest BCUT2D eigenvalue weighted by atomic mass is 10.1. The number of hydrogen-bond donors (Lipinski definition) is 2. The van der Waals surface area contributed by atoms with Crippen LogP contribution in [0.1, 0.15) is 5.56 Å². The molecule has 3 N–H and O–H groups in total. The molecule has 0 bridgehead atoms. The zero-order valence-electron chi connectivity index (χ0n) is 10.5. The fraction of sp³-hybridized carbons (Fsp3) is 0.0833. The summed E-state index contributed by atoms with van der Waals surface area (Å²) in [6.07, 6.45) is 0.482. The van der Waals surface area contributed by atoms with Gasteiger partial charge in [-0.2, -0.15) is 0 Å². The van der Waals surface area contributed by atoms with Crippen molar-refractivity contribution in [3.63, 3.8) is 0 Å². The molecule has 0 amide bonds. The number of nitrogens with one attached hydrogen (secondary N) is 1. The van der Waals surface area contributed by atoms with Crippen LogP contribution in [0.2, 0.25) is 5.02 Å². The van der Waals surface area contributed by atoms with Crippen LogP contribution in [0.5, 0.6) is 0 Å². The van der Waals surface area contributed by atoms with Crippen LogP contribution in [-0.4, -0.2) is 13.4 Å². The Labute approximate surface area is 145 Å². The van der Waals surface area contributed by atoms with Gasteiger partial charge in [-0.1, -0.05) is 36.0 Å². The van der Waals surface area contributed by atoms with Gasteiger partial charge in [0.2, 0.25) is 0 Å². The zero-order chi connectivity index (χ0) is 15.6. The molecule has 0 spiro atoms. The second-order valence-electron chi connectivity index (χ2n) is 4.13. The van der Waals surface area contributed by atoms with Crippen LogP contribution in [0.15, 0.2) is 38.3 Å². The smallest absolute Gasteiger partial charge is 0.271 e. The number of rotatable bonds is 5. The van der Waals surface area contributed by atoms with E-state index >= 15 is 0 Å². The number of thiocarbonyl (C=S) groups is 1. The molecule has 1 aromatic heterocycles. The maximum absolute atomic E-state index is 12.2. The van der Waals surface area contributed by atoms with Crippen LogP contribution in [-0.2, 0) is 16.4 Å². The molecular formula is C12H10BrClN2O2S3. The number of hydrogen-bond acceptors (Lipinski definition) is 4. The van der Waals surface area contributed by atoms with Crippen LogP contribution >= 0.6 is 51.1 Å². The molecule has 112 valence electrons. The summed E-state index contributed by atoms with van der Waals surface area (Å²) in [6, 6.07) is 8.27. The van der Waals surface area contributed by atoms with E-state index < -0.39 is 10.0 Å². The second-order valence-corrected chi connectivity index (χ2v) is 9.34. The number of benzene rings is 1. The Kier molecular flexibility index (Phi) is 5.26. The van der Waals surface area contributed by atoms with E-state index in [0.717, 1.165) is 16.9 Å². The van der Waals surface area contributed by atoms with Crippen LogP contribution in [0.25, 0.3) is 0 Å². The highest BCUT2D eigenvalue weighted by Crippen LogP contribution is 2.35. The molecule has 0 atom stereocenters. The number of halogens is 2. The monoisotopic (exact) mass is 424 g/mol. The quantitative estimate of drug-likeness (QED) is 0.715. The lowest BCUT2D eigenvalue weighted by Crippen LogP contribution is -2.12. The summed E-state index contributed by atoms with van der Waals surface area (Å²) in [5, 5.41) is 0.368. The average Bonchev–Trinajstić information content (AvgIpc) is 2.72. The van der Waals surface area contributed by atoms with E-state index in [9.17, 15) is 8.42 Å². The first kappa shape index (κ1) is 16.7. The van der Waals surface area contributed by atoms with Crippen molar-refractivity contribution >= 4 is 71.8 Å². The van der Waals surface area contributed by atoms with E-state index in [1.807, 2.05) is 0 Å². The average molecular weight is 426 g/mol. The first-order chi connectivity index (χ1) is 9.78. The third kappa shape index (κ3) is 4.40. The number of anilines is 1. The molecule has 0 fully saturated rings. The van der Waals surface area contributed by atoms with Gasteiger partial charge in [0, 0.05) is 12.1 Å². The minimum Gasteiger partial charge on any atom is -0.393 e. The molecule has 0 aliphatic rings. The van der Waals surface area contributed by atoms with Gasteiger partial charge in [-0.25, -0.2) is 8.42 Å². The van der Waals surface area contributed by atoms with Gasteiger partial charge < -0.3 is 5.73 Å². The highest BCUT2D eigenvalue weighted by Gasteiger charge is 2.19. The molecule has 0 aliphatic carbocycles. The molecule has 2 rings (SSSR count). The summed E-state index contributed by atoms with van der Waals surface area (Å²) in [5.74, 6) is 0. The van der Waals surface area contributed by atoms with Crippen molar-refractivity contribution in [1.82, 2.24) is 0 Å². The Morgan fingerprint density at radius 2 is 2.00 bits per heavy atom. The normalized spacial score (nSPS) is 11.3. The molecule has 9 heteroatoms. The highest BCUT2D eigenvalue weighted by molar-refractivity contribution is 9.11. The molecule has 0 radical (unpaired) electrons. The molecule has 1 heterocycles. The van der Waals surface area contributed by atoms with Crippen molar-refractivity contribution in [3.05, 3.63) is 44.7 Å². The van der Waals surface area contributed by atoms with Gasteiger partial charge in [-0.3, -0.25) is 4.72 Å². The SMILES string of the molecule is NC(=S)Cc1ccc(NS(=O)(=O)c2cc(Cl)c(Br)s2)cc1.